The second kappa shape index (κ2) is 3.53. The van der Waals surface area contributed by atoms with Crippen LogP contribution in [0.25, 0.3) is 10.2 Å². The molecule has 0 saturated heterocycles. The number of thiophene rings is 1. The number of nitrogens with one attached hydrogen (secondary N) is 1. The zero-order chi connectivity index (χ0) is 10.1. The highest BCUT2D eigenvalue weighted by Crippen LogP contribution is 2.25. The normalized spacial score (nSPS) is 11.1. The van der Waals surface area contributed by atoms with E-state index >= 15 is 0 Å². The van der Waals surface area contributed by atoms with Crippen LogP contribution in [0, 0.1) is 6.92 Å². The molecule has 2 aromatic heterocycles. The summed E-state index contributed by atoms with van der Waals surface area (Å²) in [5.74, 6) is 1.77. The molecule has 0 unspecified atom stereocenters. The minimum atomic E-state index is 0.396. The minimum Gasteiger partial charge on any atom is -0.367 e. The van der Waals surface area contributed by atoms with E-state index in [4.69, 9.17) is 0 Å². The fourth-order valence-corrected chi connectivity index (χ4v) is 2.16. The van der Waals surface area contributed by atoms with Crippen LogP contribution >= 0.6 is 11.3 Å². The number of anilines is 1. The number of aromatic nitrogens is 2. The third-order valence-corrected chi connectivity index (χ3v) is 2.67. The average Bonchev–Trinajstić information content (AvgIpc) is 2.50. The van der Waals surface area contributed by atoms with E-state index < -0.39 is 0 Å². The van der Waals surface area contributed by atoms with Crippen molar-refractivity contribution in [1.29, 1.82) is 0 Å². The zero-order valence-electron chi connectivity index (χ0n) is 8.53. The predicted molar refractivity (Wildman–Crippen MR) is 60.9 cm³/mol. The third-order valence-electron chi connectivity index (χ3n) is 1.86. The van der Waals surface area contributed by atoms with E-state index in [0.29, 0.717) is 6.04 Å². The molecule has 0 aliphatic heterocycles. The van der Waals surface area contributed by atoms with Gasteiger partial charge in [0.15, 0.2) is 0 Å². The third kappa shape index (κ3) is 1.70. The monoisotopic (exact) mass is 207 g/mol. The Bertz CT molecular complexity index is 448. The molecule has 0 aliphatic carbocycles. The summed E-state index contributed by atoms with van der Waals surface area (Å²) in [6, 6.07) is 2.46. The van der Waals surface area contributed by atoms with Gasteiger partial charge in [-0.3, -0.25) is 0 Å². The van der Waals surface area contributed by atoms with Crippen LogP contribution in [0.4, 0.5) is 5.82 Å². The van der Waals surface area contributed by atoms with Crippen molar-refractivity contribution in [3.8, 4) is 0 Å². The van der Waals surface area contributed by atoms with Crippen LogP contribution in [0.5, 0.6) is 0 Å². The van der Waals surface area contributed by atoms with Crippen LogP contribution in [-0.4, -0.2) is 16.0 Å². The van der Waals surface area contributed by atoms with Crippen molar-refractivity contribution in [2.75, 3.05) is 5.32 Å². The summed E-state index contributed by atoms with van der Waals surface area (Å²) in [4.78, 5) is 9.83. The predicted octanol–water partition coefficient (Wildman–Crippen LogP) is 2.82. The highest BCUT2D eigenvalue weighted by molar-refractivity contribution is 7.16. The Labute approximate surface area is 87.2 Å². The average molecular weight is 207 g/mol. The summed E-state index contributed by atoms with van der Waals surface area (Å²) in [5.41, 5.74) is 0. The molecule has 3 nitrogen and oxygen atoms in total. The molecule has 74 valence electrons. The van der Waals surface area contributed by atoms with Crippen molar-refractivity contribution in [3.63, 3.8) is 0 Å². The van der Waals surface area contributed by atoms with Crippen LogP contribution in [-0.2, 0) is 0 Å². The Morgan fingerprint density at radius 2 is 2.14 bits per heavy atom. The maximum Gasteiger partial charge on any atom is 0.138 e. The maximum atomic E-state index is 4.40. The van der Waals surface area contributed by atoms with Gasteiger partial charge in [-0.1, -0.05) is 0 Å². The van der Waals surface area contributed by atoms with Gasteiger partial charge in [-0.05, 0) is 32.2 Å². The van der Waals surface area contributed by atoms with Crippen molar-refractivity contribution in [3.05, 3.63) is 17.3 Å². The van der Waals surface area contributed by atoms with Gasteiger partial charge < -0.3 is 5.32 Å². The van der Waals surface area contributed by atoms with Crippen molar-refractivity contribution in [2.24, 2.45) is 0 Å². The molecule has 0 saturated carbocycles. The zero-order valence-corrected chi connectivity index (χ0v) is 9.35. The van der Waals surface area contributed by atoms with Gasteiger partial charge in [0.05, 0.1) is 5.39 Å². The number of rotatable bonds is 2. The molecule has 2 aromatic rings. The van der Waals surface area contributed by atoms with Gasteiger partial charge in [0.1, 0.15) is 16.5 Å². The summed E-state index contributed by atoms with van der Waals surface area (Å²) in [6.45, 7) is 6.13. The number of nitrogens with zero attached hydrogens (tertiary/aromatic N) is 2. The Kier molecular flexibility index (Phi) is 2.37. The Morgan fingerprint density at radius 1 is 1.36 bits per heavy atom. The van der Waals surface area contributed by atoms with Gasteiger partial charge >= 0.3 is 0 Å². The summed E-state index contributed by atoms with van der Waals surface area (Å²) in [6.07, 6.45) is 0. The molecule has 0 spiro atoms. The van der Waals surface area contributed by atoms with Crippen LogP contribution in [0.3, 0.4) is 0 Å². The summed E-state index contributed by atoms with van der Waals surface area (Å²) in [5, 5.41) is 6.50. The molecule has 2 rings (SSSR count). The van der Waals surface area contributed by atoms with E-state index in [0.717, 1.165) is 21.9 Å². The van der Waals surface area contributed by atoms with E-state index in [1.54, 1.807) is 11.3 Å². The summed E-state index contributed by atoms with van der Waals surface area (Å²) < 4.78 is 0. The fraction of sp³-hybridized carbons (Fsp3) is 0.400. The second-order valence-corrected chi connectivity index (χ2v) is 4.45. The number of hydrogen-bond donors (Lipinski definition) is 1. The highest BCUT2D eigenvalue weighted by atomic mass is 32.1. The maximum absolute atomic E-state index is 4.40. The van der Waals surface area contributed by atoms with Crippen molar-refractivity contribution in [1.82, 2.24) is 9.97 Å². The molecule has 2 heterocycles. The van der Waals surface area contributed by atoms with Crippen LogP contribution in [0.15, 0.2) is 11.4 Å². The molecule has 0 atom stereocenters. The second-order valence-electron chi connectivity index (χ2n) is 3.56. The quantitative estimate of drug-likeness (QED) is 0.822. The number of hydrogen-bond acceptors (Lipinski definition) is 4. The summed E-state index contributed by atoms with van der Waals surface area (Å²) in [7, 11) is 0. The molecule has 14 heavy (non-hydrogen) atoms. The lowest BCUT2D eigenvalue weighted by Gasteiger charge is -2.10. The number of fused-ring (bicyclic) bond motifs is 1. The molecule has 0 aliphatic rings. The van der Waals surface area contributed by atoms with Crippen molar-refractivity contribution >= 4 is 27.4 Å². The molecule has 0 bridgehead atoms. The molecule has 0 aromatic carbocycles. The Hall–Kier alpha value is -1.16. The lowest BCUT2D eigenvalue weighted by Crippen LogP contribution is -2.11. The van der Waals surface area contributed by atoms with Gasteiger partial charge in [0.2, 0.25) is 0 Å². The molecular weight excluding hydrogens is 194 g/mol. The first kappa shape index (κ1) is 9.40. The lowest BCUT2D eigenvalue weighted by atomic mass is 10.3. The van der Waals surface area contributed by atoms with Gasteiger partial charge in [-0.15, -0.1) is 11.3 Å². The Morgan fingerprint density at radius 3 is 2.86 bits per heavy atom. The SMILES string of the molecule is Cc1nc(NC(C)C)c2ccsc2n1. The minimum absolute atomic E-state index is 0.396. The molecule has 0 amide bonds. The molecule has 0 fully saturated rings. The molecule has 1 N–H and O–H groups in total. The molecule has 0 radical (unpaired) electrons. The Balaban J connectivity index is 2.55. The first-order valence-corrected chi connectivity index (χ1v) is 5.53. The largest absolute Gasteiger partial charge is 0.367 e. The van der Waals surface area contributed by atoms with E-state index in [9.17, 15) is 0 Å². The van der Waals surface area contributed by atoms with Crippen molar-refractivity contribution < 1.29 is 0 Å². The van der Waals surface area contributed by atoms with Gasteiger partial charge in [0.25, 0.3) is 0 Å². The number of aryl methyl sites for hydroxylation is 1. The highest BCUT2D eigenvalue weighted by Gasteiger charge is 2.06. The van der Waals surface area contributed by atoms with Crippen LogP contribution in [0.1, 0.15) is 19.7 Å². The van der Waals surface area contributed by atoms with Gasteiger partial charge in [-0.2, -0.15) is 0 Å². The standard InChI is InChI=1S/C10H13N3S/c1-6(2)11-9-8-4-5-14-10(8)13-7(3)12-9/h4-6H,1-3H3,(H,11,12,13). The smallest absolute Gasteiger partial charge is 0.138 e. The van der Waals surface area contributed by atoms with E-state index in [1.807, 2.05) is 12.3 Å². The van der Waals surface area contributed by atoms with E-state index in [1.165, 1.54) is 0 Å². The lowest BCUT2D eigenvalue weighted by molar-refractivity contribution is 0.886. The fourth-order valence-electron chi connectivity index (χ4n) is 1.35. The first-order valence-electron chi connectivity index (χ1n) is 4.65. The first-order chi connectivity index (χ1) is 6.66. The topological polar surface area (TPSA) is 37.8 Å². The van der Waals surface area contributed by atoms with Gasteiger partial charge in [0, 0.05) is 6.04 Å². The summed E-state index contributed by atoms with van der Waals surface area (Å²) >= 11 is 1.65. The molecular formula is C10H13N3S. The van der Waals surface area contributed by atoms with Gasteiger partial charge in [-0.25, -0.2) is 9.97 Å². The van der Waals surface area contributed by atoms with Crippen molar-refractivity contribution in [2.45, 2.75) is 26.8 Å². The molecule has 4 heteroatoms. The van der Waals surface area contributed by atoms with Crippen LogP contribution < -0.4 is 5.32 Å². The van der Waals surface area contributed by atoms with E-state index in [2.05, 4.69) is 35.2 Å². The van der Waals surface area contributed by atoms with Crippen LogP contribution in [0.2, 0.25) is 0 Å². The van der Waals surface area contributed by atoms with E-state index in [-0.39, 0.29) is 0 Å².